The lowest BCUT2D eigenvalue weighted by atomic mass is 10.1. The van der Waals surface area contributed by atoms with Crippen LogP contribution in [0.15, 0.2) is 75.5 Å². The van der Waals surface area contributed by atoms with Crippen molar-refractivity contribution in [3.8, 4) is 6.07 Å². The van der Waals surface area contributed by atoms with Crippen molar-refractivity contribution < 1.29 is 4.79 Å². The molecule has 2 aromatic carbocycles. The average Bonchev–Trinajstić information content (AvgIpc) is 2.80. The van der Waals surface area contributed by atoms with E-state index >= 15 is 0 Å². The van der Waals surface area contributed by atoms with Crippen LogP contribution < -0.4 is 4.90 Å². The van der Waals surface area contributed by atoms with E-state index < -0.39 is 0 Å². The van der Waals surface area contributed by atoms with Gasteiger partial charge in [-0.15, -0.1) is 0 Å². The van der Waals surface area contributed by atoms with Gasteiger partial charge < -0.3 is 0 Å². The summed E-state index contributed by atoms with van der Waals surface area (Å²) in [5, 5.41) is 9.85. The van der Waals surface area contributed by atoms with Crippen LogP contribution in [0.3, 0.4) is 0 Å². The van der Waals surface area contributed by atoms with Gasteiger partial charge in [0.15, 0.2) is 0 Å². The van der Waals surface area contributed by atoms with Crippen LogP contribution in [0.2, 0.25) is 0 Å². The summed E-state index contributed by atoms with van der Waals surface area (Å²) in [6, 6.07) is 21.9. The predicted molar refractivity (Wildman–Crippen MR) is 127 cm³/mol. The molecular weight excluding hydrogens is 422 g/mol. The highest BCUT2D eigenvalue weighted by Gasteiger charge is 2.33. The number of carbonyl (C=O) groups excluding carboxylic acids is 1. The fourth-order valence-electron chi connectivity index (χ4n) is 3.48. The van der Waals surface area contributed by atoms with Crippen molar-refractivity contribution >= 4 is 40.8 Å². The first-order chi connectivity index (χ1) is 15.0. The summed E-state index contributed by atoms with van der Waals surface area (Å²) in [6.45, 7) is 6.15. The van der Waals surface area contributed by atoms with E-state index in [9.17, 15) is 10.1 Å². The number of rotatable bonds is 5. The largest absolute Gasteiger partial charge is 0.278 e. The highest BCUT2D eigenvalue weighted by molar-refractivity contribution is 8.00. The first kappa shape index (κ1) is 21.5. The lowest BCUT2D eigenvalue weighted by Gasteiger charge is -2.33. The number of nitriles is 1. The van der Waals surface area contributed by atoms with E-state index in [1.54, 1.807) is 11.8 Å². The van der Waals surface area contributed by atoms with E-state index in [4.69, 9.17) is 4.98 Å². The molecule has 0 fully saturated rings. The molecule has 1 unspecified atom stereocenters. The van der Waals surface area contributed by atoms with E-state index in [0.29, 0.717) is 17.0 Å². The molecule has 0 aliphatic carbocycles. The Bertz CT molecular complexity index is 1120. The molecule has 6 heteroatoms. The van der Waals surface area contributed by atoms with E-state index in [2.05, 4.69) is 19.9 Å². The lowest BCUT2D eigenvalue weighted by molar-refractivity contribution is -0.117. The molecule has 0 spiro atoms. The highest BCUT2D eigenvalue weighted by atomic mass is 32.2. The molecule has 2 heterocycles. The number of para-hydroxylation sites is 2. The molecule has 156 valence electrons. The Morgan fingerprint density at radius 1 is 1.06 bits per heavy atom. The lowest BCUT2D eigenvalue weighted by Crippen LogP contribution is -2.35. The van der Waals surface area contributed by atoms with Gasteiger partial charge >= 0.3 is 0 Å². The number of hydrogen-bond donors (Lipinski definition) is 0. The minimum atomic E-state index is -0.355. The molecule has 0 bridgehead atoms. The number of nitrogens with zero attached hydrogens (tertiary/aromatic N) is 3. The first-order valence-electron chi connectivity index (χ1n) is 10.3. The van der Waals surface area contributed by atoms with Gasteiger partial charge in [0, 0.05) is 15.5 Å². The molecule has 1 amide bonds. The molecule has 0 radical (unpaired) electrons. The topological polar surface area (TPSA) is 57.0 Å². The Labute approximate surface area is 191 Å². The first-order valence-corrected chi connectivity index (χ1v) is 12.0. The van der Waals surface area contributed by atoms with E-state index in [1.807, 2.05) is 72.5 Å². The average molecular weight is 446 g/mol. The van der Waals surface area contributed by atoms with Crippen molar-refractivity contribution in [2.75, 3.05) is 4.90 Å². The molecule has 4 nitrogen and oxygen atoms in total. The van der Waals surface area contributed by atoms with Gasteiger partial charge in [-0.05, 0) is 48.7 Å². The van der Waals surface area contributed by atoms with Crippen LogP contribution >= 0.6 is 23.5 Å². The summed E-state index contributed by atoms with van der Waals surface area (Å²) in [7, 11) is 0. The van der Waals surface area contributed by atoms with Gasteiger partial charge in [0.25, 0.3) is 0 Å². The normalized spacial score (nSPS) is 13.3. The molecule has 1 atom stereocenters. The summed E-state index contributed by atoms with van der Waals surface area (Å²) in [5.74, 6) is 0.258. The number of anilines is 2. The second-order valence-electron chi connectivity index (χ2n) is 7.58. The maximum atomic E-state index is 13.9. The summed E-state index contributed by atoms with van der Waals surface area (Å²) in [5.41, 5.74) is 3.24. The van der Waals surface area contributed by atoms with Gasteiger partial charge in [0.05, 0.1) is 22.2 Å². The molecule has 3 aromatic rings. The highest BCUT2D eigenvalue weighted by Crippen LogP contribution is 2.48. The Morgan fingerprint density at radius 2 is 1.68 bits per heavy atom. The van der Waals surface area contributed by atoms with E-state index in [-0.39, 0.29) is 17.1 Å². The van der Waals surface area contributed by atoms with Gasteiger partial charge in [-0.3, -0.25) is 9.69 Å². The zero-order valence-corrected chi connectivity index (χ0v) is 19.3. The molecule has 1 aliphatic heterocycles. The van der Waals surface area contributed by atoms with E-state index in [1.165, 1.54) is 11.8 Å². The van der Waals surface area contributed by atoms with Crippen LogP contribution in [0, 0.1) is 11.3 Å². The summed E-state index contributed by atoms with van der Waals surface area (Å²) in [4.78, 5) is 22.5. The standard InChI is InChI=1S/C25H23N3OS2/c1-4-21(31-24-17(15-26)13-14-18(27-24)16(2)3)25(29)28-19-9-5-7-11-22(19)30-23-12-8-6-10-20(23)28/h5-14,16,21H,4H2,1-3H3. The van der Waals surface area contributed by atoms with Crippen LogP contribution in [0.4, 0.5) is 11.4 Å². The second-order valence-corrected chi connectivity index (χ2v) is 9.86. The molecular formula is C25H23N3OS2. The van der Waals surface area contributed by atoms with Gasteiger partial charge in [-0.1, -0.05) is 68.6 Å². The molecule has 0 saturated carbocycles. The van der Waals surface area contributed by atoms with Crippen molar-refractivity contribution in [1.29, 1.82) is 5.26 Å². The minimum Gasteiger partial charge on any atom is -0.278 e. The summed E-state index contributed by atoms with van der Waals surface area (Å²) >= 11 is 3.07. The van der Waals surface area contributed by atoms with Crippen LogP contribution in [-0.4, -0.2) is 16.1 Å². The number of carbonyl (C=O) groups is 1. The third kappa shape index (κ3) is 4.21. The fourth-order valence-corrected chi connectivity index (χ4v) is 5.58. The Balaban J connectivity index is 1.73. The smallest absolute Gasteiger partial charge is 0.245 e. The number of hydrogen-bond acceptors (Lipinski definition) is 5. The Hall–Kier alpha value is -2.75. The quantitative estimate of drug-likeness (QED) is 0.405. The van der Waals surface area contributed by atoms with Crippen molar-refractivity contribution in [1.82, 2.24) is 4.98 Å². The number of thioether (sulfide) groups is 1. The zero-order chi connectivity index (χ0) is 22.0. The number of fused-ring (bicyclic) bond motifs is 2. The minimum absolute atomic E-state index is 0.00772. The number of amides is 1. The number of pyridine rings is 1. The fraction of sp³-hybridized carbons (Fsp3) is 0.240. The van der Waals surface area contributed by atoms with Gasteiger partial charge in [-0.25, -0.2) is 4.98 Å². The van der Waals surface area contributed by atoms with Gasteiger partial charge in [-0.2, -0.15) is 5.26 Å². The monoisotopic (exact) mass is 445 g/mol. The van der Waals surface area contributed by atoms with Crippen LogP contribution in [0.1, 0.15) is 44.4 Å². The third-order valence-corrected chi connectivity index (χ3v) is 7.63. The molecule has 1 aromatic heterocycles. The van der Waals surface area contributed by atoms with Gasteiger partial charge in [0.1, 0.15) is 11.1 Å². The van der Waals surface area contributed by atoms with Crippen molar-refractivity contribution in [3.05, 3.63) is 71.9 Å². The zero-order valence-electron chi connectivity index (χ0n) is 17.7. The SMILES string of the molecule is CCC(Sc1nc(C(C)C)ccc1C#N)C(=O)N1c2ccccc2Sc2ccccc21. The summed E-state index contributed by atoms with van der Waals surface area (Å²) in [6.07, 6.45) is 0.635. The van der Waals surface area contributed by atoms with Crippen molar-refractivity contribution in [3.63, 3.8) is 0 Å². The molecule has 0 saturated heterocycles. The summed E-state index contributed by atoms with van der Waals surface area (Å²) < 4.78 is 0. The van der Waals surface area contributed by atoms with Crippen molar-refractivity contribution in [2.24, 2.45) is 0 Å². The number of aromatic nitrogens is 1. The third-order valence-electron chi connectivity index (χ3n) is 5.15. The maximum absolute atomic E-state index is 13.9. The molecule has 1 aliphatic rings. The molecule has 0 N–H and O–H groups in total. The van der Waals surface area contributed by atoms with Crippen LogP contribution in [0.25, 0.3) is 0 Å². The second kappa shape index (κ2) is 9.17. The van der Waals surface area contributed by atoms with E-state index in [0.717, 1.165) is 26.9 Å². The maximum Gasteiger partial charge on any atom is 0.245 e. The van der Waals surface area contributed by atoms with Crippen molar-refractivity contribution in [2.45, 2.75) is 53.2 Å². The number of benzene rings is 2. The predicted octanol–water partition coefficient (Wildman–Crippen LogP) is 6.78. The van der Waals surface area contributed by atoms with Gasteiger partial charge in [0.2, 0.25) is 5.91 Å². The molecule has 31 heavy (non-hydrogen) atoms. The molecule has 4 rings (SSSR count). The Kier molecular flexibility index (Phi) is 6.35. The Morgan fingerprint density at radius 3 is 2.23 bits per heavy atom. The van der Waals surface area contributed by atoms with Crippen LogP contribution in [-0.2, 0) is 4.79 Å². The van der Waals surface area contributed by atoms with Crippen LogP contribution in [0.5, 0.6) is 0 Å².